The van der Waals surface area contributed by atoms with E-state index in [0.29, 0.717) is 5.69 Å². The Bertz CT molecular complexity index is 538. The van der Waals surface area contributed by atoms with Crippen molar-refractivity contribution in [3.05, 3.63) is 18.2 Å². The van der Waals surface area contributed by atoms with E-state index in [2.05, 4.69) is 5.32 Å². The van der Waals surface area contributed by atoms with E-state index in [1.165, 1.54) is 18.2 Å². The van der Waals surface area contributed by atoms with E-state index >= 15 is 0 Å². The van der Waals surface area contributed by atoms with Crippen molar-refractivity contribution in [2.24, 2.45) is 5.14 Å². The maximum atomic E-state index is 11.2. The molecule has 0 saturated heterocycles. The van der Waals surface area contributed by atoms with Crippen LogP contribution in [0, 0.1) is 0 Å². The highest BCUT2D eigenvalue weighted by Gasteiger charge is 2.24. The number of hydrogen-bond donors (Lipinski definition) is 4. The van der Waals surface area contributed by atoms with Crippen LogP contribution in [0.4, 0.5) is 11.4 Å². The largest absolute Gasteiger partial charge is 0.397 e. The molecule has 1 unspecified atom stereocenters. The average Bonchev–Trinajstić information content (AvgIpc) is 2.19. The average molecular weight is 273 g/mol. The fourth-order valence-corrected chi connectivity index (χ4v) is 1.83. The zero-order valence-corrected chi connectivity index (χ0v) is 11.5. The molecule has 0 fully saturated rings. The number of benzene rings is 1. The summed E-state index contributed by atoms with van der Waals surface area (Å²) in [4.78, 5) is -0.0413. The van der Waals surface area contributed by atoms with E-state index in [-0.39, 0.29) is 10.6 Å². The second kappa shape index (κ2) is 4.75. The minimum atomic E-state index is -3.76. The van der Waals surface area contributed by atoms with Crippen molar-refractivity contribution < 1.29 is 13.5 Å². The van der Waals surface area contributed by atoms with E-state index in [1.54, 1.807) is 6.92 Å². The first kappa shape index (κ1) is 14.7. The molecule has 0 aliphatic carbocycles. The summed E-state index contributed by atoms with van der Waals surface area (Å²) in [6.45, 7) is 5.28. The predicted octanol–water partition coefficient (Wildman–Crippen LogP) is 0.487. The number of anilines is 2. The minimum Gasteiger partial charge on any atom is -0.397 e. The molecule has 7 heteroatoms. The lowest BCUT2D eigenvalue weighted by molar-refractivity contribution is 0.133. The van der Waals surface area contributed by atoms with Gasteiger partial charge in [-0.2, -0.15) is 0 Å². The van der Waals surface area contributed by atoms with Crippen LogP contribution in [-0.2, 0) is 10.0 Å². The summed E-state index contributed by atoms with van der Waals surface area (Å²) in [5, 5.41) is 17.7. The lowest BCUT2D eigenvalue weighted by Crippen LogP contribution is -2.42. The molecular weight excluding hydrogens is 254 g/mol. The summed E-state index contributed by atoms with van der Waals surface area (Å²) < 4.78 is 22.3. The van der Waals surface area contributed by atoms with Gasteiger partial charge in [-0.05, 0) is 39.0 Å². The monoisotopic (exact) mass is 273 g/mol. The summed E-state index contributed by atoms with van der Waals surface area (Å²) in [6, 6.07) is 4.18. The fourth-order valence-electron chi connectivity index (χ4n) is 1.28. The second-order valence-corrected chi connectivity index (χ2v) is 6.38. The molecule has 6 nitrogen and oxygen atoms in total. The first-order chi connectivity index (χ1) is 8.04. The first-order valence-electron chi connectivity index (χ1n) is 5.42. The number of hydrogen-bond acceptors (Lipinski definition) is 5. The van der Waals surface area contributed by atoms with Crippen LogP contribution in [0.25, 0.3) is 0 Å². The molecule has 6 N–H and O–H groups in total. The number of sulfonamides is 1. The quantitative estimate of drug-likeness (QED) is 0.595. The van der Waals surface area contributed by atoms with Gasteiger partial charge < -0.3 is 16.2 Å². The summed E-state index contributed by atoms with van der Waals surface area (Å²) in [7, 11) is -3.76. The smallest absolute Gasteiger partial charge is 0.238 e. The zero-order valence-electron chi connectivity index (χ0n) is 10.6. The van der Waals surface area contributed by atoms with Crippen LogP contribution in [0.1, 0.15) is 20.8 Å². The Balaban J connectivity index is 3.08. The van der Waals surface area contributed by atoms with Gasteiger partial charge in [0.05, 0.1) is 27.9 Å². The van der Waals surface area contributed by atoms with Crippen LogP contribution in [0.5, 0.6) is 0 Å². The maximum absolute atomic E-state index is 11.2. The highest BCUT2D eigenvalue weighted by atomic mass is 32.2. The molecule has 0 saturated carbocycles. The topological polar surface area (TPSA) is 118 Å². The Hall–Kier alpha value is -1.31. The minimum absolute atomic E-state index is 0.0413. The molecule has 0 heterocycles. The third-order valence-corrected chi connectivity index (χ3v) is 3.76. The van der Waals surface area contributed by atoms with Crippen molar-refractivity contribution in [3.63, 3.8) is 0 Å². The van der Waals surface area contributed by atoms with Crippen molar-refractivity contribution in [2.75, 3.05) is 11.1 Å². The molecule has 1 rings (SSSR count). The molecule has 1 atom stereocenters. The number of aliphatic hydroxyl groups excluding tert-OH is 1. The Morgan fingerprint density at radius 2 is 1.94 bits per heavy atom. The van der Waals surface area contributed by atoms with Crippen molar-refractivity contribution in [3.8, 4) is 0 Å². The Morgan fingerprint density at radius 1 is 1.39 bits per heavy atom. The van der Waals surface area contributed by atoms with Crippen LogP contribution >= 0.6 is 0 Å². The number of aliphatic hydroxyl groups is 1. The number of nitrogen functional groups attached to an aromatic ring is 1. The summed E-state index contributed by atoms with van der Waals surface area (Å²) in [5.41, 5.74) is 5.98. The summed E-state index contributed by atoms with van der Waals surface area (Å²) in [5.74, 6) is 0. The van der Waals surface area contributed by atoms with Gasteiger partial charge >= 0.3 is 0 Å². The number of nitrogens with one attached hydrogen (secondary N) is 1. The van der Waals surface area contributed by atoms with Gasteiger partial charge in [-0.25, -0.2) is 13.6 Å². The first-order valence-corrected chi connectivity index (χ1v) is 6.97. The van der Waals surface area contributed by atoms with Crippen LogP contribution in [0.3, 0.4) is 0 Å². The Morgan fingerprint density at radius 3 is 2.33 bits per heavy atom. The molecule has 0 aromatic heterocycles. The highest BCUT2D eigenvalue weighted by molar-refractivity contribution is 7.89. The van der Waals surface area contributed by atoms with Gasteiger partial charge in [-0.3, -0.25) is 0 Å². The third kappa shape index (κ3) is 3.34. The molecule has 1 aromatic carbocycles. The standard InChI is InChI=1S/C11H19N3O3S/c1-7(15)11(2,3)14-10-5-4-8(6-9(10)12)18(13,16)17/h4-7,14-15H,12H2,1-3H3,(H2,13,16,17). The Kier molecular flexibility index (Phi) is 3.89. The molecule has 0 aliphatic heterocycles. The maximum Gasteiger partial charge on any atom is 0.238 e. The molecule has 102 valence electrons. The van der Waals surface area contributed by atoms with E-state index in [9.17, 15) is 13.5 Å². The molecule has 18 heavy (non-hydrogen) atoms. The van der Waals surface area contributed by atoms with Crippen LogP contribution < -0.4 is 16.2 Å². The highest BCUT2D eigenvalue weighted by Crippen LogP contribution is 2.26. The SMILES string of the molecule is CC(O)C(C)(C)Nc1ccc(S(N)(=O)=O)cc1N. The molecule has 1 aromatic rings. The van der Waals surface area contributed by atoms with Gasteiger partial charge in [0.25, 0.3) is 0 Å². The predicted molar refractivity (Wildman–Crippen MR) is 71.6 cm³/mol. The van der Waals surface area contributed by atoms with Gasteiger partial charge in [0.2, 0.25) is 10.0 Å². The van der Waals surface area contributed by atoms with Crippen LogP contribution in [0.2, 0.25) is 0 Å². The van der Waals surface area contributed by atoms with Crippen molar-refractivity contribution in [1.29, 1.82) is 0 Å². The second-order valence-electron chi connectivity index (χ2n) is 4.82. The van der Waals surface area contributed by atoms with Crippen molar-refractivity contribution in [2.45, 2.75) is 37.3 Å². The van der Waals surface area contributed by atoms with Gasteiger partial charge in [-0.15, -0.1) is 0 Å². The van der Waals surface area contributed by atoms with E-state index in [0.717, 1.165) is 0 Å². The zero-order chi connectivity index (χ0) is 14.1. The van der Waals surface area contributed by atoms with E-state index in [1.807, 2.05) is 13.8 Å². The van der Waals surface area contributed by atoms with Crippen LogP contribution in [-0.4, -0.2) is 25.2 Å². The lowest BCUT2D eigenvalue weighted by Gasteiger charge is -2.31. The van der Waals surface area contributed by atoms with Gasteiger partial charge in [-0.1, -0.05) is 0 Å². The third-order valence-electron chi connectivity index (χ3n) is 2.85. The molecular formula is C11H19N3O3S. The van der Waals surface area contributed by atoms with Crippen molar-refractivity contribution >= 4 is 21.4 Å². The summed E-state index contributed by atoms with van der Waals surface area (Å²) in [6.07, 6.45) is -0.602. The van der Waals surface area contributed by atoms with Crippen molar-refractivity contribution in [1.82, 2.24) is 0 Å². The van der Waals surface area contributed by atoms with E-state index < -0.39 is 21.7 Å². The Labute approximate surface area is 107 Å². The van der Waals surface area contributed by atoms with Gasteiger partial charge in [0.15, 0.2) is 0 Å². The molecule has 0 amide bonds. The van der Waals surface area contributed by atoms with Crippen LogP contribution in [0.15, 0.2) is 23.1 Å². The number of primary sulfonamides is 1. The van der Waals surface area contributed by atoms with Gasteiger partial charge in [0.1, 0.15) is 0 Å². The molecule has 0 bridgehead atoms. The normalized spacial score (nSPS) is 14.3. The summed E-state index contributed by atoms with van der Waals surface area (Å²) >= 11 is 0. The molecule has 0 radical (unpaired) electrons. The number of nitrogens with two attached hydrogens (primary N) is 2. The number of rotatable bonds is 4. The van der Waals surface area contributed by atoms with Gasteiger partial charge in [0, 0.05) is 0 Å². The lowest BCUT2D eigenvalue weighted by atomic mass is 9.98. The fraction of sp³-hybridized carbons (Fsp3) is 0.455. The molecule has 0 aliphatic rings. The van der Waals surface area contributed by atoms with E-state index in [4.69, 9.17) is 10.9 Å². The molecule has 0 spiro atoms.